The van der Waals surface area contributed by atoms with Crippen molar-refractivity contribution >= 4 is 28.6 Å². The molecule has 2 N–H and O–H groups in total. The predicted molar refractivity (Wildman–Crippen MR) is 89.6 cm³/mol. The van der Waals surface area contributed by atoms with E-state index in [9.17, 15) is 9.90 Å². The van der Waals surface area contributed by atoms with Crippen LogP contribution >= 0.6 is 11.6 Å². The van der Waals surface area contributed by atoms with Crippen LogP contribution in [0.15, 0.2) is 36.4 Å². The zero-order valence-electron chi connectivity index (χ0n) is 12.6. The first kappa shape index (κ1) is 16.0. The lowest BCUT2D eigenvalue weighted by molar-refractivity contribution is 0.0697. The summed E-state index contributed by atoms with van der Waals surface area (Å²) in [5, 5.41) is 9.91. The highest BCUT2D eigenvalue weighted by Gasteiger charge is 2.15. The SMILES string of the molecule is CC.Cc1ccc(-c2nc3ccc(Cl)cc3[nH]2)c(C(=O)O)c1. The predicted octanol–water partition coefficient (Wildman–Crippen LogP) is 4.92. The van der Waals surface area contributed by atoms with Crippen molar-refractivity contribution in [2.24, 2.45) is 0 Å². The molecule has 114 valence electrons. The Morgan fingerprint density at radius 2 is 1.91 bits per heavy atom. The minimum atomic E-state index is -0.970. The lowest BCUT2D eigenvalue weighted by atomic mass is 10.0. The van der Waals surface area contributed by atoms with Crippen molar-refractivity contribution in [3.8, 4) is 11.4 Å². The zero-order valence-corrected chi connectivity index (χ0v) is 13.4. The molecule has 1 aromatic heterocycles. The molecule has 0 spiro atoms. The maximum Gasteiger partial charge on any atom is 0.336 e. The Balaban J connectivity index is 0.000000847. The van der Waals surface area contributed by atoms with Crippen molar-refractivity contribution < 1.29 is 9.90 Å². The Bertz CT molecular complexity index is 825. The second-order valence-corrected chi connectivity index (χ2v) is 5.04. The third-order valence-corrected chi connectivity index (χ3v) is 3.34. The summed E-state index contributed by atoms with van der Waals surface area (Å²) in [6, 6.07) is 10.6. The van der Waals surface area contributed by atoms with Gasteiger partial charge >= 0.3 is 5.97 Å². The van der Waals surface area contributed by atoms with Gasteiger partial charge in [0.05, 0.1) is 16.6 Å². The average Bonchev–Trinajstić information content (AvgIpc) is 2.91. The van der Waals surface area contributed by atoms with Crippen molar-refractivity contribution in [3.05, 3.63) is 52.5 Å². The lowest BCUT2D eigenvalue weighted by Crippen LogP contribution is -2.00. The van der Waals surface area contributed by atoms with E-state index in [1.54, 1.807) is 30.3 Å². The van der Waals surface area contributed by atoms with Crippen molar-refractivity contribution in [1.82, 2.24) is 9.97 Å². The van der Waals surface area contributed by atoms with Gasteiger partial charge < -0.3 is 10.1 Å². The van der Waals surface area contributed by atoms with E-state index in [0.29, 0.717) is 16.4 Å². The van der Waals surface area contributed by atoms with Gasteiger partial charge in [-0.3, -0.25) is 0 Å². The van der Waals surface area contributed by atoms with Gasteiger partial charge in [0.15, 0.2) is 0 Å². The monoisotopic (exact) mass is 316 g/mol. The molecule has 0 aliphatic heterocycles. The summed E-state index contributed by atoms with van der Waals surface area (Å²) in [4.78, 5) is 18.9. The number of aryl methyl sites for hydroxylation is 1. The minimum absolute atomic E-state index is 0.232. The molecule has 2 aromatic carbocycles. The number of aromatic carboxylic acids is 1. The molecule has 0 saturated carbocycles. The Kier molecular flexibility index (Phi) is 4.83. The molecule has 1 heterocycles. The fourth-order valence-electron chi connectivity index (χ4n) is 2.15. The van der Waals surface area contributed by atoms with Crippen molar-refractivity contribution in [2.45, 2.75) is 20.8 Å². The van der Waals surface area contributed by atoms with E-state index in [1.165, 1.54) is 0 Å². The van der Waals surface area contributed by atoms with Gasteiger partial charge in [-0.15, -0.1) is 0 Å². The van der Waals surface area contributed by atoms with Crippen molar-refractivity contribution in [3.63, 3.8) is 0 Å². The largest absolute Gasteiger partial charge is 0.478 e. The van der Waals surface area contributed by atoms with E-state index in [0.717, 1.165) is 16.6 Å². The molecule has 0 unspecified atom stereocenters. The first-order valence-electron chi connectivity index (χ1n) is 7.04. The second kappa shape index (κ2) is 6.62. The van der Waals surface area contributed by atoms with Crippen LogP contribution in [0.3, 0.4) is 0 Å². The summed E-state index contributed by atoms with van der Waals surface area (Å²) in [5.41, 5.74) is 3.22. The second-order valence-electron chi connectivity index (χ2n) is 4.60. The molecule has 0 radical (unpaired) electrons. The fraction of sp³-hybridized carbons (Fsp3) is 0.176. The summed E-state index contributed by atoms with van der Waals surface area (Å²) in [6.45, 7) is 5.86. The highest BCUT2D eigenvalue weighted by molar-refractivity contribution is 6.31. The highest BCUT2D eigenvalue weighted by atomic mass is 35.5. The first-order valence-corrected chi connectivity index (χ1v) is 7.42. The number of rotatable bonds is 2. The van der Waals surface area contributed by atoms with Crippen LogP contribution in [-0.2, 0) is 0 Å². The van der Waals surface area contributed by atoms with Crippen LogP contribution in [0.25, 0.3) is 22.4 Å². The van der Waals surface area contributed by atoms with Gasteiger partial charge in [-0.1, -0.05) is 43.1 Å². The molecule has 0 bridgehead atoms. The number of nitrogens with zero attached hydrogens (tertiary/aromatic N) is 1. The number of carbonyl (C=O) groups is 1. The number of H-pyrrole nitrogens is 1. The highest BCUT2D eigenvalue weighted by Crippen LogP contribution is 2.26. The van der Waals surface area contributed by atoms with Gasteiger partial charge in [-0.05, 0) is 31.2 Å². The van der Waals surface area contributed by atoms with E-state index in [1.807, 2.05) is 26.8 Å². The summed E-state index contributed by atoms with van der Waals surface area (Å²) < 4.78 is 0. The molecule has 0 fully saturated rings. The number of hydrogen-bond donors (Lipinski definition) is 2. The molecule has 22 heavy (non-hydrogen) atoms. The van der Waals surface area contributed by atoms with E-state index in [2.05, 4.69) is 9.97 Å². The van der Waals surface area contributed by atoms with Crippen LogP contribution in [0.1, 0.15) is 29.8 Å². The Morgan fingerprint density at radius 1 is 1.18 bits per heavy atom. The number of fused-ring (bicyclic) bond motifs is 1. The van der Waals surface area contributed by atoms with Gasteiger partial charge in [-0.25, -0.2) is 9.78 Å². The summed E-state index contributed by atoms with van der Waals surface area (Å²) in [6.07, 6.45) is 0. The standard InChI is InChI=1S/C15H11ClN2O2.C2H6/c1-8-2-4-10(11(6-8)15(19)20)14-17-12-5-3-9(16)7-13(12)18-14;1-2/h2-7H,1H3,(H,17,18)(H,19,20);1-2H3. The molecule has 3 rings (SSSR count). The van der Waals surface area contributed by atoms with E-state index in [-0.39, 0.29) is 5.56 Å². The number of carboxylic acid groups (broad SMARTS) is 1. The molecule has 5 heteroatoms. The topological polar surface area (TPSA) is 66.0 Å². The number of nitrogens with one attached hydrogen (secondary N) is 1. The van der Waals surface area contributed by atoms with E-state index in [4.69, 9.17) is 11.6 Å². The average molecular weight is 317 g/mol. The molecule has 0 aliphatic rings. The summed E-state index contributed by atoms with van der Waals surface area (Å²) >= 11 is 5.93. The number of aromatic amines is 1. The molecule has 4 nitrogen and oxygen atoms in total. The molecular formula is C17H17ClN2O2. The fourth-order valence-corrected chi connectivity index (χ4v) is 2.32. The summed E-state index contributed by atoms with van der Waals surface area (Å²) in [5.74, 6) is -0.443. The van der Waals surface area contributed by atoms with Crippen molar-refractivity contribution in [2.75, 3.05) is 0 Å². The van der Waals surface area contributed by atoms with Crippen LogP contribution in [0, 0.1) is 6.92 Å². The lowest BCUT2D eigenvalue weighted by Gasteiger charge is -2.04. The van der Waals surface area contributed by atoms with Gasteiger partial charge in [0.2, 0.25) is 0 Å². The Hall–Kier alpha value is -2.33. The third-order valence-electron chi connectivity index (χ3n) is 3.10. The molecule has 0 aliphatic carbocycles. The Labute approximate surface area is 133 Å². The molecule has 0 saturated heterocycles. The normalized spacial score (nSPS) is 10.2. The summed E-state index contributed by atoms with van der Waals surface area (Å²) in [7, 11) is 0. The molecule has 3 aromatic rings. The maximum atomic E-state index is 11.4. The maximum absolute atomic E-state index is 11.4. The van der Waals surface area contributed by atoms with Crippen LogP contribution in [0.2, 0.25) is 5.02 Å². The van der Waals surface area contributed by atoms with Gasteiger partial charge in [0.25, 0.3) is 0 Å². The van der Waals surface area contributed by atoms with E-state index >= 15 is 0 Å². The number of halogens is 1. The molecule has 0 amide bonds. The number of benzene rings is 2. The van der Waals surface area contributed by atoms with Gasteiger partial charge in [0.1, 0.15) is 5.82 Å². The Morgan fingerprint density at radius 3 is 2.59 bits per heavy atom. The number of aromatic nitrogens is 2. The minimum Gasteiger partial charge on any atom is -0.478 e. The quantitative estimate of drug-likeness (QED) is 0.705. The van der Waals surface area contributed by atoms with Crippen LogP contribution in [0.4, 0.5) is 0 Å². The zero-order chi connectivity index (χ0) is 16.3. The number of carboxylic acids is 1. The van der Waals surface area contributed by atoms with Crippen LogP contribution in [0.5, 0.6) is 0 Å². The third kappa shape index (κ3) is 3.12. The van der Waals surface area contributed by atoms with Crippen molar-refractivity contribution in [1.29, 1.82) is 0 Å². The van der Waals surface area contributed by atoms with Crippen LogP contribution < -0.4 is 0 Å². The smallest absolute Gasteiger partial charge is 0.336 e. The number of hydrogen-bond acceptors (Lipinski definition) is 2. The number of imidazole rings is 1. The molecule has 0 atom stereocenters. The van der Waals surface area contributed by atoms with Gasteiger partial charge in [-0.2, -0.15) is 0 Å². The van der Waals surface area contributed by atoms with E-state index < -0.39 is 5.97 Å². The molecular weight excluding hydrogens is 300 g/mol. The first-order chi connectivity index (χ1) is 10.5. The van der Waals surface area contributed by atoms with Gasteiger partial charge in [0, 0.05) is 10.6 Å². The van der Waals surface area contributed by atoms with Crippen LogP contribution in [-0.4, -0.2) is 21.0 Å².